The summed E-state index contributed by atoms with van der Waals surface area (Å²) in [6, 6.07) is 7.95. The van der Waals surface area contributed by atoms with Gasteiger partial charge in [0.2, 0.25) is 5.91 Å². The van der Waals surface area contributed by atoms with E-state index in [4.69, 9.17) is 18.9 Å². The van der Waals surface area contributed by atoms with Gasteiger partial charge in [-0.15, -0.1) is 0 Å². The normalized spacial score (nSPS) is 17.0. The number of anilines is 1. The summed E-state index contributed by atoms with van der Waals surface area (Å²) in [6.45, 7) is 7.18. The fourth-order valence-electron chi connectivity index (χ4n) is 5.49. The number of ether oxygens (including phenoxy) is 4. The molecule has 244 valence electrons. The zero-order valence-electron chi connectivity index (χ0n) is 26.4. The second-order valence-corrected chi connectivity index (χ2v) is 12.0. The number of piperazine rings is 1. The lowest BCUT2D eigenvalue weighted by Gasteiger charge is -2.35. The van der Waals surface area contributed by atoms with E-state index in [0.29, 0.717) is 78.7 Å². The predicted octanol–water partition coefficient (Wildman–Crippen LogP) is 3.89. The number of carbonyl (C=O) groups is 2. The Morgan fingerprint density at radius 2 is 1.65 bits per heavy atom. The Bertz CT molecular complexity index is 1570. The summed E-state index contributed by atoms with van der Waals surface area (Å²) >= 11 is 0. The number of ketones is 1. The lowest BCUT2D eigenvalue weighted by Crippen LogP contribution is -2.49. The molecule has 0 radical (unpaired) electrons. The number of aromatic nitrogens is 4. The number of Topliss-reactive ketones (excluding diaryl/α,β-unsaturated/α-hetero) is 1. The summed E-state index contributed by atoms with van der Waals surface area (Å²) in [4.78, 5) is 37.8. The molecule has 0 atom stereocenters. The van der Waals surface area contributed by atoms with Crippen molar-refractivity contribution in [3.05, 3.63) is 54.4 Å². The molecule has 2 aromatic heterocycles. The minimum Gasteiger partial charge on any atom is -0.488 e. The van der Waals surface area contributed by atoms with Gasteiger partial charge in [-0.2, -0.15) is 5.10 Å². The topological polar surface area (TPSA) is 132 Å². The van der Waals surface area contributed by atoms with Gasteiger partial charge in [0.25, 0.3) is 0 Å². The van der Waals surface area contributed by atoms with Crippen molar-refractivity contribution >= 4 is 28.4 Å². The molecule has 12 nitrogen and oxygen atoms in total. The van der Waals surface area contributed by atoms with Crippen LogP contribution in [0.15, 0.2) is 54.4 Å². The van der Waals surface area contributed by atoms with Gasteiger partial charge in [-0.25, -0.2) is 9.97 Å². The minimum absolute atomic E-state index is 0.0580. The number of fused-ring (bicyclic) bond motifs is 1. The summed E-state index contributed by atoms with van der Waals surface area (Å²) in [6.07, 6.45) is 10.9. The maximum Gasteiger partial charge on any atom is 0.225 e. The molecule has 0 spiro atoms. The van der Waals surface area contributed by atoms with Gasteiger partial charge in [0.05, 0.1) is 57.3 Å². The van der Waals surface area contributed by atoms with Gasteiger partial charge in [-0.3, -0.25) is 14.7 Å². The minimum atomic E-state index is -0.0580. The van der Waals surface area contributed by atoms with Crippen molar-refractivity contribution in [2.45, 2.75) is 44.6 Å². The Morgan fingerprint density at radius 1 is 0.913 bits per heavy atom. The van der Waals surface area contributed by atoms with Crippen LogP contribution in [0.1, 0.15) is 39.0 Å². The highest BCUT2D eigenvalue weighted by Crippen LogP contribution is 2.40. The van der Waals surface area contributed by atoms with E-state index in [1.807, 2.05) is 47.4 Å². The third kappa shape index (κ3) is 8.36. The van der Waals surface area contributed by atoms with E-state index in [1.54, 1.807) is 6.33 Å². The smallest absolute Gasteiger partial charge is 0.225 e. The Labute approximate surface area is 268 Å². The number of H-pyrrole nitrogens is 1. The molecule has 3 aliphatic rings. The molecule has 2 aliphatic carbocycles. The van der Waals surface area contributed by atoms with Gasteiger partial charge in [0.1, 0.15) is 29.2 Å². The van der Waals surface area contributed by atoms with E-state index in [9.17, 15) is 9.59 Å². The van der Waals surface area contributed by atoms with Crippen LogP contribution in [0.5, 0.6) is 5.75 Å². The Balaban J connectivity index is 0.863. The second kappa shape index (κ2) is 15.0. The molecule has 2 fully saturated rings. The predicted molar refractivity (Wildman–Crippen MR) is 173 cm³/mol. The first kappa shape index (κ1) is 31.8. The number of allylic oxidation sites excluding steroid dienone is 4. The van der Waals surface area contributed by atoms with Crippen LogP contribution in [-0.4, -0.2) is 108 Å². The molecule has 0 unspecified atom stereocenters. The summed E-state index contributed by atoms with van der Waals surface area (Å²) in [5, 5.41) is 8.60. The molecule has 1 aliphatic heterocycles. The highest BCUT2D eigenvalue weighted by atomic mass is 16.5. The third-order valence-electron chi connectivity index (χ3n) is 8.51. The SMILES string of the molecule is CC1(Oc2ccc3[nH]nc(-c4cc(N5CCN(C(=O)CCOCCOCCOCCC(=O)C6=CC=CC6)CC5)ncn4)c3c2)CC1. The van der Waals surface area contributed by atoms with E-state index in [0.717, 1.165) is 58.7 Å². The number of benzene rings is 1. The molecule has 3 heterocycles. The molecule has 1 aromatic carbocycles. The van der Waals surface area contributed by atoms with Gasteiger partial charge in [0, 0.05) is 44.1 Å². The highest BCUT2D eigenvalue weighted by molar-refractivity contribution is 5.96. The molecule has 12 heteroatoms. The van der Waals surface area contributed by atoms with E-state index < -0.39 is 0 Å². The lowest BCUT2D eigenvalue weighted by atomic mass is 10.1. The largest absolute Gasteiger partial charge is 0.488 e. The van der Waals surface area contributed by atoms with Crippen molar-refractivity contribution in [3.8, 4) is 17.1 Å². The maximum atomic E-state index is 12.8. The summed E-state index contributed by atoms with van der Waals surface area (Å²) in [5.41, 5.74) is 3.21. The molecule has 1 saturated carbocycles. The lowest BCUT2D eigenvalue weighted by molar-refractivity contribution is -0.132. The fourth-order valence-corrected chi connectivity index (χ4v) is 5.49. The van der Waals surface area contributed by atoms with Crippen molar-refractivity contribution in [2.75, 3.05) is 70.7 Å². The van der Waals surface area contributed by atoms with Crippen molar-refractivity contribution in [1.29, 1.82) is 0 Å². The molecule has 0 bridgehead atoms. The van der Waals surface area contributed by atoms with Crippen LogP contribution in [0, 0.1) is 0 Å². The Hall–Kier alpha value is -4.13. The molecule has 6 rings (SSSR count). The average molecular weight is 631 g/mol. The van der Waals surface area contributed by atoms with Crippen LogP contribution < -0.4 is 9.64 Å². The number of carbonyl (C=O) groups excluding carboxylic acids is 2. The van der Waals surface area contributed by atoms with Crippen molar-refractivity contribution in [2.24, 2.45) is 0 Å². The standard InChI is InChI=1S/C34H42N6O6/c1-34(10-11-34)46-26-6-7-28-27(22-26)33(38-37-28)29-23-31(36-24-35-29)39-12-14-40(15-13-39)32(42)9-17-44-19-21-45-20-18-43-16-8-30(41)25-4-2-3-5-25/h2-4,6-7,22-24H,5,8-21H2,1H3,(H,37,38). The maximum absolute atomic E-state index is 12.8. The summed E-state index contributed by atoms with van der Waals surface area (Å²) in [7, 11) is 0. The zero-order chi connectivity index (χ0) is 31.8. The fraction of sp³-hybridized carbons (Fsp3) is 0.500. The molecule has 1 saturated heterocycles. The average Bonchev–Trinajstić information content (AvgIpc) is 3.43. The molecule has 1 N–H and O–H groups in total. The first-order valence-corrected chi connectivity index (χ1v) is 16.1. The summed E-state index contributed by atoms with van der Waals surface area (Å²) in [5.74, 6) is 1.87. The quantitative estimate of drug-likeness (QED) is 0.219. The third-order valence-corrected chi connectivity index (χ3v) is 8.51. The summed E-state index contributed by atoms with van der Waals surface area (Å²) < 4.78 is 22.8. The highest BCUT2D eigenvalue weighted by Gasteiger charge is 2.40. The molecule has 46 heavy (non-hydrogen) atoms. The Kier molecular flexibility index (Phi) is 10.4. The number of hydrogen-bond acceptors (Lipinski definition) is 10. The number of rotatable bonds is 17. The second-order valence-electron chi connectivity index (χ2n) is 12.0. The number of hydrogen-bond donors (Lipinski definition) is 1. The van der Waals surface area contributed by atoms with Gasteiger partial charge < -0.3 is 28.7 Å². The number of aromatic amines is 1. The van der Waals surface area contributed by atoms with E-state index in [1.165, 1.54) is 0 Å². The first-order valence-electron chi connectivity index (χ1n) is 16.1. The zero-order valence-corrected chi connectivity index (χ0v) is 26.4. The van der Waals surface area contributed by atoms with Crippen molar-refractivity contribution < 1.29 is 28.5 Å². The van der Waals surface area contributed by atoms with E-state index in [2.05, 4.69) is 32.0 Å². The first-order chi connectivity index (χ1) is 22.5. The van der Waals surface area contributed by atoms with Crippen LogP contribution in [0.3, 0.4) is 0 Å². The number of amides is 1. The van der Waals surface area contributed by atoms with Gasteiger partial charge in [-0.1, -0.05) is 18.2 Å². The van der Waals surface area contributed by atoms with E-state index >= 15 is 0 Å². The number of nitrogens with one attached hydrogen (secondary N) is 1. The molecule has 3 aromatic rings. The van der Waals surface area contributed by atoms with Gasteiger partial charge in [0.15, 0.2) is 5.78 Å². The van der Waals surface area contributed by atoms with Crippen LogP contribution in [0.25, 0.3) is 22.3 Å². The van der Waals surface area contributed by atoms with Crippen LogP contribution >= 0.6 is 0 Å². The van der Waals surface area contributed by atoms with Gasteiger partial charge in [-0.05, 0) is 50.0 Å². The van der Waals surface area contributed by atoms with Crippen LogP contribution in [-0.2, 0) is 23.8 Å². The monoisotopic (exact) mass is 630 g/mol. The van der Waals surface area contributed by atoms with Crippen molar-refractivity contribution in [1.82, 2.24) is 25.1 Å². The molecule has 1 amide bonds. The van der Waals surface area contributed by atoms with Gasteiger partial charge >= 0.3 is 0 Å². The Morgan fingerprint density at radius 3 is 2.37 bits per heavy atom. The van der Waals surface area contributed by atoms with E-state index in [-0.39, 0.29) is 17.3 Å². The van der Waals surface area contributed by atoms with Crippen molar-refractivity contribution in [3.63, 3.8) is 0 Å². The van der Waals surface area contributed by atoms with Crippen LogP contribution in [0.4, 0.5) is 5.82 Å². The molecular formula is C34H42N6O6. The van der Waals surface area contributed by atoms with Crippen LogP contribution in [0.2, 0.25) is 0 Å². The molecular weight excluding hydrogens is 588 g/mol. The number of nitrogens with zero attached hydrogens (tertiary/aromatic N) is 5.